The number of sulfonamides is 1. The molecule has 0 spiro atoms. The van der Waals surface area contributed by atoms with E-state index in [1.54, 1.807) is 42.8 Å². The van der Waals surface area contributed by atoms with Crippen molar-refractivity contribution in [2.75, 3.05) is 0 Å². The van der Waals surface area contributed by atoms with Crippen molar-refractivity contribution in [1.82, 2.24) is 9.71 Å². The Hall–Kier alpha value is -2.51. The lowest BCUT2D eigenvalue weighted by atomic mass is 10.2. The number of aromatic nitrogens is 1. The zero-order chi connectivity index (χ0) is 17.0. The Balaban J connectivity index is 1.67. The van der Waals surface area contributed by atoms with Crippen LogP contribution in [0.2, 0.25) is 0 Å². The molecule has 0 unspecified atom stereocenters. The molecule has 3 rings (SSSR count). The van der Waals surface area contributed by atoms with Crippen molar-refractivity contribution in [1.29, 1.82) is 0 Å². The Morgan fingerprint density at radius 2 is 1.96 bits per heavy atom. The predicted octanol–water partition coefficient (Wildman–Crippen LogP) is 3.10. The second-order valence-electron chi connectivity index (χ2n) is 5.24. The van der Waals surface area contributed by atoms with Gasteiger partial charge in [0.2, 0.25) is 10.0 Å². The van der Waals surface area contributed by atoms with Crippen molar-refractivity contribution >= 4 is 10.0 Å². The molecule has 7 heteroatoms. The summed E-state index contributed by atoms with van der Waals surface area (Å²) in [7, 11) is -3.58. The highest BCUT2D eigenvalue weighted by Gasteiger charge is 2.12. The first kappa shape index (κ1) is 16.4. The zero-order valence-electron chi connectivity index (χ0n) is 12.6. The van der Waals surface area contributed by atoms with E-state index in [9.17, 15) is 12.8 Å². The van der Waals surface area contributed by atoms with Crippen LogP contribution in [0.25, 0.3) is 11.5 Å². The van der Waals surface area contributed by atoms with Crippen molar-refractivity contribution in [3.05, 3.63) is 77.9 Å². The van der Waals surface area contributed by atoms with Crippen LogP contribution in [0, 0.1) is 5.82 Å². The van der Waals surface area contributed by atoms with Crippen molar-refractivity contribution in [3.8, 4) is 11.5 Å². The summed E-state index contributed by atoms with van der Waals surface area (Å²) in [5.74, 6) is -0.125. The summed E-state index contributed by atoms with van der Waals surface area (Å²) >= 11 is 0. The van der Waals surface area contributed by atoms with Gasteiger partial charge in [-0.15, -0.1) is 0 Å². The van der Waals surface area contributed by atoms with Gasteiger partial charge in [0.05, 0.1) is 12.0 Å². The number of furan rings is 1. The van der Waals surface area contributed by atoms with E-state index in [1.165, 1.54) is 18.2 Å². The molecule has 0 saturated carbocycles. The van der Waals surface area contributed by atoms with Crippen molar-refractivity contribution < 1.29 is 17.2 Å². The van der Waals surface area contributed by atoms with Crippen LogP contribution in [-0.2, 0) is 22.3 Å². The molecule has 24 heavy (non-hydrogen) atoms. The minimum Gasteiger partial charge on any atom is -0.463 e. The van der Waals surface area contributed by atoms with Crippen molar-refractivity contribution in [2.24, 2.45) is 0 Å². The third kappa shape index (κ3) is 4.27. The smallest absolute Gasteiger partial charge is 0.216 e. The molecule has 0 saturated heterocycles. The molecule has 124 valence electrons. The largest absolute Gasteiger partial charge is 0.463 e. The van der Waals surface area contributed by atoms with Crippen molar-refractivity contribution in [3.63, 3.8) is 0 Å². The highest BCUT2D eigenvalue weighted by molar-refractivity contribution is 7.88. The van der Waals surface area contributed by atoms with Gasteiger partial charge in [0.25, 0.3) is 0 Å². The summed E-state index contributed by atoms with van der Waals surface area (Å²) in [5.41, 5.74) is 1.77. The van der Waals surface area contributed by atoms with Crippen LogP contribution in [0.5, 0.6) is 0 Å². The van der Waals surface area contributed by atoms with E-state index in [-0.39, 0.29) is 12.3 Å². The van der Waals surface area contributed by atoms with Crippen LogP contribution < -0.4 is 4.72 Å². The summed E-state index contributed by atoms with van der Waals surface area (Å²) < 4.78 is 45.2. The highest BCUT2D eigenvalue weighted by atomic mass is 32.2. The summed E-state index contributed by atoms with van der Waals surface area (Å²) in [5, 5.41) is 0. The van der Waals surface area contributed by atoms with Crippen LogP contribution >= 0.6 is 0 Å². The van der Waals surface area contributed by atoms with Gasteiger partial charge < -0.3 is 4.42 Å². The molecule has 0 aliphatic rings. The molecule has 3 aromatic rings. The Morgan fingerprint density at radius 1 is 1.08 bits per heavy atom. The van der Waals surface area contributed by atoms with Gasteiger partial charge in [0.1, 0.15) is 11.5 Å². The molecular weight excluding hydrogens is 331 g/mol. The third-order valence-electron chi connectivity index (χ3n) is 3.34. The van der Waals surface area contributed by atoms with Crippen molar-refractivity contribution in [2.45, 2.75) is 12.3 Å². The van der Waals surface area contributed by atoms with E-state index in [0.29, 0.717) is 17.0 Å². The summed E-state index contributed by atoms with van der Waals surface area (Å²) in [6.45, 7) is 0.119. The van der Waals surface area contributed by atoms with Gasteiger partial charge in [-0.25, -0.2) is 17.5 Å². The predicted molar refractivity (Wildman–Crippen MR) is 87.8 cm³/mol. The molecule has 0 amide bonds. The number of halogens is 1. The van der Waals surface area contributed by atoms with Crippen LogP contribution in [0.15, 0.2) is 65.4 Å². The maximum Gasteiger partial charge on any atom is 0.216 e. The Kier molecular flexibility index (Phi) is 4.73. The van der Waals surface area contributed by atoms with E-state index >= 15 is 0 Å². The molecule has 2 heterocycles. The molecule has 0 fully saturated rings. The van der Waals surface area contributed by atoms with Crippen LogP contribution in [0.4, 0.5) is 4.39 Å². The quantitative estimate of drug-likeness (QED) is 0.744. The minimum atomic E-state index is -3.58. The summed E-state index contributed by atoms with van der Waals surface area (Å²) in [6.07, 6.45) is 3.14. The van der Waals surface area contributed by atoms with Gasteiger partial charge in [-0.3, -0.25) is 4.98 Å². The number of pyridine rings is 1. The lowest BCUT2D eigenvalue weighted by Crippen LogP contribution is -2.24. The Morgan fingerprint density at radius 3 is 2.71 bits per heavy atom. The molecule has 0 bridgehead atoms. The van der Waals surface area contributed by atoms with Gasteiger partial charge in [0, 0.05) is 12.7 Å². The second kappa shape index (κ2) is 6.94. The fourth-order valence-electron chi connectivity index (χ4n) is 2.23. The summed E-state index contributed by atoms with van der Waals surface area (Å²) in [6, 6.07) is 12.5. The van der Waals surface area contributed by atoms with E-state index in [2.05, 4.69) is 9.71 Å². The first-order chi connectivity index (χ1) is 11.5. The molecule has 5 nitrogen and oxygen atoms in total. The fourth-order valence-corrected chi connectivity index (χ4v) is 3.34. The Bertz CT molecular complexity index is 925. The van der Waals surface area contributed by atoms with E-state index < -0.39 is 15.8 Å². The zero-order valence-corrected chi connectivity index (χ0v) is 13.5. The summed E-state index contributed by atoms with van der Waals surface area (Å²) in [4.78, 5) is 4.19. The molecular formula is C17H15FN2O3S. The SMILES string of the molecule is O=S(=O)(Cc1cccc(F)c1)NCc1ccnc(-c2ccco2)c1. The maximum atomic E-state index is 13.1. The number of nitrogens with zero attached hydrogens (tertiary/aromatic N) is 1. The lowest BCUT2D eigenvalue weighted by molar-refractivity contribution is 0.579. The first-order valence-electron chi connectivity index (χ1n) is 7.22. The lowest BCUT2D eigenvalue weighted by Gasteiger charge is -2.08. The van der Waals surface area contributed by atoms with Gasteiger partial charge >= 0.3 is 0 Å². The highest BCUT2D eigenvalue weighted by Crippen LogP contribution is 2.18. The van der Waals surface area contributed by atoms with Gasteiger partial charge in [-0.05, 0) is 47.5 Å². The van der Waals surface area contributed by atoms with Gasteiger partial charge in [-0.2, -0.15) is 0 Å². The average Bonchev–Trinajstić information content (AvgIpc) is 3.07. The van der Waals surface area contributed by atoms with Crippen LogP contribution in [-0.4, -0.2) is 13.4 Å². The monoisotopic (exact) mass is 346 g/mol. The van der Waals surface area contributed by atoms with E-state index in [4.69, 9.17) is 4.42 Å². The molecule has 1 aromatic carbocycles. The van der Waals surface area contributed by atoms with Gasteiger partial charge in [0.15, 0.2) is 5.76 Å². The van der Waals surface area contributed by atoms with E-state index in [1.807, 2.05) is 0 Å². The topological polar surface area (TPSA) is 72.2 Å². The normalized spacial score (nSPS) is 11.5. The molecule has 0 atom stereocenters. The number of nitrogens with one attached hydrogen (secondary N) is 1. The number of hydrogen-bond acceptors (Lipinski definition) is 4. The third-order valence-corrected chi connectivity index (χ3v) is 4.64. The van der Waals surface area contributed by atoms with Crippen LogP contribution in [0.3, 0.4) is 0 Å². The fraction of sp³-hybridized carbons (Fsp3) is 0.118. The maximum absolute atomic E-state index is 13.1. The number of benzene rings is 1. The average molecular weight is 346 g/mol. The van der Waals surface area contributed by atoms with Gasteiger partial charge in [-0.1, -0.05) is 12.1 Å². The molecule has 0 radical (unpaired) electrons. The molecule has 1 N–H and O–H groups in total. The van der Waals surface area contributed by atoms with Crippen LogP contribution in [0.1, 0.15) is 11.1 Å². The molecule has 2 aromatic heterocycles. The van der Waals surface area contributed by atoms with E-state index in [0.717, 1.165) is 5.56 Å². The standard InChI is InChI=1S/C17H15FN2O3S/c18-15-4-1-3-14(9-15)12-24(21,22)20-11-13-6-7-19-16(10-13)17-5-2-8-23-17/h1-10,20H,11-12H2. The number of rotatable bonds is 6. The Labute approximate surface area is 139 Å². The first-order valence-corrected chi connectivity index (χ1v) is 8.88. The molecule has 0 aliphatic carbocycles. The number of hydrogen-bond donors (Lipinski definition) is 1. The molecule has 0 aliphatic heterocycles. The minimum absolute atomic E-state index is 0.119. The second-order valence-corrected chi connectivity index (χ2v) is 7.04.